The molecule has 6 heteroatoms. The van der Waals surface area contributed by atoms with E-state index in [0.29, 0.717) is 43.6 Å². The molecular formula is C12H24N3O3+. The van der Waals surface area contributed by atoms with Crippen LogP contribution in [0.1, 0.15) is 25.7 Å². The van der Waals surface area contributed by atoms with Crippen molar-refractivity contribution < 1.29 is 19.2 Å². The molecule has 4 N–H and O–H groups in total. The Balaban J connectivity index is 2.06. The minimum atomic E-state index is -0.243. The van der Waals surface area contributed by atoms with Crippen molar-refractivity contribution >= 4 is 12.2 Å². The van der Waals surface area contributed by atoms with E-state index in [4.69, 9.17) is 5.73 Å². The average Bonchev–Trinajstić information content (AvgIpc) is 2.32. The fourth-order valence-electron chi connectivity index (χ4n) is 2.30. The maximum Gasteiger partial charge on any atom is 0.220 e. The zero-order valence-corrected chi connectivity index (χ0v) is 10.8. The number of unbranched alkanes of at least 4 members (excludes halogenated alkanes) is 2. The molecule has 1 saturated heterocycles. The highest BCUT2D eigenvalue weighted by molar-refractivity contribution is 5.75. The normalized spacial score (nSPS) is 26.4. The lowest BCUT2D eigenvalue weighted by Crippen LogP contribution is -2.69. The lowest BCUT2D eigenvalue weighted by atomic mass is 10.1. The lowest BCUT2D eigenvalue weighted by Gasteiger charge is -2.47. The Morgan fingerprint density at radius 1 is 1.44 bits per heavy atom. The van der Waals surface area contributed by atoms with Gasteiger partial charge in [-0.3, -0.25) is 10.5 Å². The summed E-state index contributed by atoms with van der Waals surface area (Å²) in [6.45, 7) is 3.24. The third kappa shape index (κ3) is 4.72. The van der Waals surface area contributed by atoms with Crippen LogP contribution in [-0.2, 0) is 9.59 Å². The predicted molar refractivity (Wildman–Crippen MR) is 67.5 cm³/mol. The molecule has 0 saturated carbocycles. The first-order valence-electron chi connectivity index (χ1n) is 6.55. The van der Waals surface area contributed by atoms with Crippen molar-refractivity contribution in [3.05, 3.63) is 0 Å². The number of aliphatic hydroxyl groups excluding tert-OH is 1. The number of hydrogen-bond acceptors (Lipinski definition) is 4. The number of nitrogens with one attached hydrogen (secondary N) is 1. The first kappa shape index (κ1) is 15.1. The summed E-state index contributed by atoms with van der Waals surface area (Å²) >= 11 is 0. The summed E-state index contributed by atoms with van der Waals surface area (Å²) in [4.78, 5) is 21.6. The topological polar surface area (TPSA) is 92.4 Å². The van der Waals surface area contributed by atoms with Crippen LogP contribution in [0.15, 0.2) is 0 Å². The second-order valence-corrected chi connectivity index (χ2v) is 5.03. The number of aliphatic hydroxyl groups is 1. The van der Waals surface area contributed by atoms with Gasteiger partial charge in [0.1, 0.15) is 26.0 Å². The number of rotatable bonds is 9. The molecule has 0 aromatic heterocycles. The summed E-state index contributed by atoms with van der Waals surface area (Å²) < 4.78 is 0.687. The van der Waals surface area contributed by atoms with Gasteiger partial charge in [-0.15, -0.1) is 0 Å². The van der Waals surface area contributed by atoms with Crippen molar-refractivity contribution in [3.8, 4) is 0 Å². The number of carbonyl (C=O) groups excluding carboxylic acids is 2. The van der Waals surface area contributed by atoms with Crippen molar-refractivity contribution in [2.24, 2.45) is 5.73 Å². The van der Waals surface area contributed by atoms with Crippen LogP contribution in [0.5, 0.6) is 0 Å². The number of hydrogen-bond donors (Lipinski definition) is 3. The van der Waals surface area contributed by atoms with E-state index in [-0.39, 0.29) is 12.0 Å². The van der Waals surface area contributed by atoms with Crippen molar-refractivity contribution in [1.82, 2.24) is 5.32 Å². The minimum Gasteiger partial charge on any atom is -0.382 e. The van der Waals surface area contributed by atoms with Crippen LogP contribution >= 0.6 is 0 Å². The highest BCUT2D eigenvalue weighted by atomic mass is 16.3. The number of quaternary nitrogens is 1. The molecule has 0 spiro atoms. The largest absolute Gasteiger partial charge is 0.382 e. The summed E-state index contributed by atoms with van der Waals surface area (Å²) in [5, 5.41) is 12.2. The van der Waals surface area contributed by atoms with Crippen molar-refractivity contribution in [2.45, 2.75) is 31.8 Å². The maximum absolute atomic E-state index is 11.5. The molecular weight excluding hydrogens is 234 g/mol. The molecule has 0 aliphatic carbocycles. The zero-order valence-electron chi connectivity index (χ0n) is 10.8. The van der Waals surface area contributed by atoms with Crippen LogP contribution in [0, 0.1) is 0 Å². The van der Waals surface area contributed by atoms with Crippen molar-refractivity contribution in [3.63, 3.8) is 0 Å². The van der Waals surface area contributed by atoms with Gasteiger partial charge in [-0.1, -0.05) is 0 Å². The van der Waals surface area contributed by atoms with Gasteiger partial charge < -0.3 is 19.7 Å². The van der Waals surface area contributed by atoms with Crippen LogP contribution in [0.25, 0.3) is 0 Å². The Bertz CT molecular complexity index is 278. The second-order valence-electron chi connectivity index (χ2n) is 5.03. The third-order valence-electron chi connectivity index (χ3n) is 3.47. The van der Waals surface area contributed by atoms with E-state index in [1.807, 2.05) is 0 Å². The monoisotopic (exact) mass is 258 g/mol. The average molecular weight is 258 g/mol. The van der Waals surface area contributed by atoms with Crippen LogP contribution < -0.4 is 11.1 Å². The fourth-order valence-corrected chi connectivity index (χ4v) is 2.30. The molecule has 1 rings (SSSR count). The van der Waals surface area contributed by atoms with Gasteiger partial charge in [0.15, 0.2) is 6.10 Å². The molecule has 0 atom stereocenters. The van der Waals surface area contributed by atoms with Crippen molar-refractivity contribution in [2.75, 3.05) is 32.8 Å². The van der Waals surface area contributed by atoms with Gasteiger partial charge in [0, 0.05) is 12.8 Å². The lowest BCUT2D eigenvalue weighted by molar-refractivity contribution is -0.971. The Kier molecular flexibility index (Phi) is 6.24. The molecule has 1 fully saturated rings. The van der Waals surface area contributed by atoms with Crippen LogP contribution in [0.4, 0.5) is 0 Å². The van der Waals surface area contributed by atoms with Crippen LogP contribution in [0.2, 0.25) is 0 Å². The summed E-state index contributed by atoms with van der Waals surface area (Å²) in [6, 6.07) is 0. The molecule has 0 unspecified atom stereocenters. The Labute approximate surface area is 108 Å². The van der Waals surface area contributed by atoms with E-state index in [0.717, 1.165) is 25.7 Å². The molecule has 1 aliphatic rings. The van der Waals surface area contributed by atoms with E-state index in [1.165, 1.54) is 0 Å². The predicted octanol–water partition coefficient (Wildman–Crippen LogP) is -1.03. The SMILES string of the molecule is NC[N+]1(CCNC(=O)CCCCC=O)CC(O)C1. The Morgan fingerprint density at radius 3 is 2.72 bits per heavy atom. The molecule has 18 heavy (non-hydrogen) atoms. The van der Waals surface area contributed by atoms with Gasteiger partial charge in [0.2, 0.25) is 5.91 Å². The first-order valence-corrected chi connectivity index (χ1v) is 6.55. The summed E-state index contributed by atoms with van der Waals surface area (Å²) in [7, 11) is 0. The first-order chi connectivity index (χ1) is 8.62. The van der Waals surface area contributed by atoms with Gasteiger partial charge in [0.05, 0.1) is 13.1 Å². The van der Waals surface area contributed by atoms with Gasteiger partial charge in [0.25, 0.3) is 0 Å². The third-order valence-corrected chi connectivity index (χ3v) is 3.47. The van der Waals surface area contributed by atoms with Crippen LogP contribution in [0.3, 0.4) is 0 Å². The quantitative estimate of drug-likeness (QED) is 0.280. The number of amides is 1. The van der Waals surface area contributed by atoms with Gasteiger partial charge >= 0.3 is 0 Å². The smallest absolute Gasteiger partial charge is 0.220 e. The highest BCUT2D eigenvalue weighted by Gasteiger charge is 2.41. The fraction of sp³-hybridized carbons (Fsp3) is 0.833. The van der Waals surface area contributed by atoms with E-state index >= 15 is 0 Å². The van der Waals surface area contributed by atoms with Gasteiger partial charge in [-0.2, -0.15) is 0 Å². The van der Waals surface area contributed by atoms with Crippen molar-refractivity contribution in [1.29, 1.82) is 0 Å². The summed E-state index contributed by atoms with van der Waals surface area (Å²) in [5.74, 6) is 0.0251. The molecule has 104 valence electrons. The minimum absolute atomic E-state index is 0.0251. The number of carbonyl (C=O) groups is 2. The molecule has 6 nitrogen and oxygen atoms in total. The molecule has 0 bridgehead atoms. The van der Waals surface area contributed by atoms with E-state index in [2.05, 4.69) is 5.32 Å². The highest BCUT2D eigenvalue weighted by Crippen LogP contribution is 2.17. The van der Waals surface area contributed by atoms with Gasteiger partial charge in [-0.05, 0) is 12.8 Å². The van der Waals surface area contributed by atoms with Crippen LogP contribution in [-0.4, -0.2) is 60.7 Å². The summed E-state index contributed by atoms with van der Waals surface area (Å²) in [6.07, 6.45) is 3.15. The maximum atomic E-state index is 11.5. The Morgan fingerprint density at radius 2 is 2.17 bits per heavy atom. The number of nitrogens with zero attached hydrogens (tertiary/aromatic N) is 1. The number of nitrogens with two attached hydrogens (primary N) is 1. The number of aldehydes is 1. The number of likely N-dealkylation sites (tertiary alicyclic amines) is 1. The molecule has 0 radical (unpaired) electrons. The second kappa shape index (κ2) is 7.45. The molecule has 1 aliphatic heterocycles. The molecule has 1 heterocycles. The van der Waals surface area contributed by atoms with E-state index < -0.39 is 0 Å². The Hall–Kier alpha value is -0.980. The molecule has 0 aromatic rings. The van der Waals surface area contributed by atoms with E-state index in [1.54, 1.807) is 0 Å². The zero-order chi connectivity index (χ0) is 13.4. The summed E-state index contributed by atoms with van der Waals surface area (Å²) in [5.41, 5.74) is 5.68. The molecule has 0 aromatic carbocycles. The molecule has 1 amide bonds. The van der Waals surface area contributed by atoms with E-state index in [9.17, 15) is 14.7 Å². The standard InChI is InChI=1S/C12H23N3O3/c13-10-15(8-11(17)9-15)6-5-14-12(18)4-2-1-3-7-16/h7,11,17H,1-6,8-10,13H2/p+1. The van der Waals surface area contributed by atoms with Gasteiger partial charge in [-0.25, -0.2) is 0 Å².